The summed E-state index contributed by atoms with van der Waals surface area (Å²) in [5.41, 5.74) is 7.73. The molecule has 0 saturated carbocycles. The number of nitrogens with one attached hydrogen (secondary N) is 2. The van der Waals surface area contributed by atoms with Crippen LogP contribution in [0.3, 0.4) is 0 Å². The second-order valence-electron chi connectivity index (χ2n) is 8.98. The Morgan fingerprint density at radius 3 is 2.44 bits per heavy atom. The number of carbonyl (C=O) groups excluding carboxylic acids is 3. The Balaban J connectivity index is 2.75. The number of aryl methyl sites for hydroxylation is 1. The molecule has 1 atom stereocenters. The third-order valence-corrected chi connectivity index (χ3v) is 6.77. The molecular formula is C26H42N2O5S. The van der Waals surface area contributed by atoms with E-state index in [1.807, 2.05) is 38.1 Å². The summed E-state index contributed by atoms with van der Waals surface area (Å²) in [6, 6.07) is 7.92. The van der Waals surface area contributed by atoms with Crippen LogP contribution in [0.15, 0.2) is 24.3 Å². The van der Waals surface area contributed by atoms with Gasteiger partial charge in [0.15, 0.2) is 0 Å². The molecule has 7 nitrogen and oxygen atoms in total. The highest BCUT2D eigenvalue weighted by atomic mass is 32.2. The topological polar surface area (TPSA) is 93.7 Å². The highest BCUT2D eigenvalue weighted by Gasteiger charge is 2.24. The molecule has 1 amide bonds. The fourth-order valence-electron chi connectivity index (χ4n) is 3.63. The fourth-order valence-corrected chi connectivity index (χ4v) is 4.68. The largest absolute Gasteiger partial charge is 0.466 e. The predicted molar refractivity (Wildman–Crippen MR) is 138 cm³/mol. The first-order chi connectivity index (χ1) is 16.2. The lowest BCUT2D eigenvalue weighted by atomic mass is 9.85. The molecule has 0 aliphatic rings. The van der Waals surface area contributed by atoms with Gasteiger partial charge >= 0.3 is 11.9 Å². The smallest absolute Gasteiger partial charge is 0.315 e. The molecule has 0 aliphatic carbocycles. The number of hydrogen-bond donors (Lipinski definition) is 2. The number of hydrogen-bond acceptors (Lipinski definition) is 7. The summed E-state index contributed by atoms with van der Waals surface area (Å²) in [5, 5.41) is 0. The van der Waals surface area contributed by atoms with Gasteiger partial charge in [-0.15, -0.1) is 11.8 Å². The Morgan fingerprint density at radius 2 is 1.76 bits per heavy atom. The number of benzene rings is 1. The van der Waals surface area contributed by atoms with Crippen molar-refractivity contribution in [2.75, 3.05) is 31.3 Å². The van der Waals surface area contributed by atoms with Crippen molar-refractivity contribution in [1.82, 2.24) is 10.9 Å². The van der Waals surface area contributed by atoms with Gasteiger partial charge in [-0.3, -0.25) is 19.8 Å². The third-order valence-electron chi connectivity index (χ3n) is 5.35. The predicted octanol–water partition coefficient (Wildman–Crippen LogP) is 4.40. The Kier molecular flexibility index (Phi) is 14.6. The summed E-state index contributed by atoms with van der Waals surface area (Å²) in [7, 11) is 0. The van der Waals surface area contributed by atoms with Crippen LogP contribution in [0.5, 0.6) is 0 Å². The molecule has 8 heteroatoms. The van der Waals surface area contributed by atoms with Crippen LogP contribution in [0, 0.1) is 5.41 Å². The Labute approximate surface area is 209 Å². The molecule has 1 rings (SSSR count). The number of carbonyl (C=O) groups is 3. The molecule has 0 aliphatic heterocycles. The zero-order chi connectivity index (χ0) is 25.4. The molecule has 34 heavy (non-hydrogen) atoms. The number of amides is 1. The van der Waals surface area contributed by atoms with Crippen LogP contribution in [0.25, 0.3) is 0 Å². The van der Waals surface area contributed by atoms with E-state index in [1.54, 1.807) is 18.7 Å². The van der Waals surface area contributed by atoms with E-state index in [-0.39, 0.29) is 29.2 Å². The van der Waals surface area contributed by atoms with E-state index in [1.165, 1.54) is 0 Å². The van der Waals surface area contributed by atoms with E-state index >= 15 is 0 Å². The van der Waals surface area contributed by atoms with E-state index in [4.69, 9.17) is 9.47 Å². The summed E-state index contributed by atoms with van der Waals surface area (Å²) < 4.78 is 10.0. The molecule has 0 heterocycles. The lowest BCUT2D eigenvalue weighted by Crippen LogP contribution is -2.40. The maximum Gasteiger partial charge on any atom is 0.315 e. The summed E-state index contributed by atoms with van der Waals surface area (Å²) >= 11 is 1.59. The average Bonchev–Trinajstić information content (AvgIpc) is 2.79. The number of rotatable bonds is 17. The number of esters is 2. The van der Waals surface area contributed by atoms with Crippen LogP contribution in [0.2, 0.25) is 0 Å². The number of thioether (sulfide) groups is 1. The maximum absolute atomic E-state index is 12.9. The monoisotopic (exact) mass is 494 g/mol. The minimum Gasteiger partial charge on any atom is -0.466 e. The average molecular weight is 495 g/mol. The van der Waals surface area contributed by atoms with Crippen molar-refractivity contribution in [3.05, 3.63) is 35.4 Å². The summed E-state index contributed by atoms with van der Waals surface area (Å²) in [5.74, 6) is 0.486. The van der Waals surface area contributed by atoms with Crippen LogP contribution < -0.4 is 10.9 Å². The van der Waals surface area contributed by atoms with Gasteiger partial charge in [0, 0.05) is 13.0 Å². The van der Waals surface area contributed by atoms with E-state index in [2.05, 4.69) is 24.7 Å². The first-order valence-electron chi connectivity index (χ1n) is 12.2. The molecular weight excluding hydrogens is 452 g/mol. The molecule has 0 fully saturated rings. The lowest BCUT2D eigenvalue weighted by Gasteiger charge is -2.25. The molecule has 1 unspecified atom stereocenters. The Morgan fingerprint density at radius 1 is 1.06 bits per heavy atom. The van der Waals surface area contributed by atoms with Crippen molar-refractivity contribution in [2.24, 2.45) is 5.41 Å². The highest BCUT2D eigenvalue weighted by Crippen LogP contribution is 2.31. The molecule has 0 spiro atoms. The second-order valence-corrected chi connectivity index (χ2v) is 9.96. The molecule has 192 valence electrons. The molecule has 1 aromatic rings. The summed E-state index contributed by atoms with van der Waals surface area (Å²) in [6.07, 6.45) is 3.44. The van der Waals surface area contributed by atoms with Crippen molar-refractivity contribution < 1.29 is 23.9 Å². The molecule has 0 aromatic heterocycles. The summed E-state index contributed by atoms with van der Waals surface area (Å²) in [4.78, 5) is 36.2. The molecule has 0 bridgehead atoms. The molecule has 0 saturated heterocycles. The second kappa shape index (κ2) is 16.5. The van der Waals surface area contributed by atoms with E-state index in [0.717, 1.165) is 29.7 Å². The number of hydrazine groups is 1. The molecule has 0 radical (unpaired) electrons. The van der Waals surface area contributed by atoms with Crippen molar-refractivity contribution in [1.29, 1.82) is 0 Å². The van der Waals surface area contributed by atoms with E-state index in [0.29, 0.717) is 44.8 Å². The normalized spacial score (nSPS) is 12.1. The fraction of sp³-hybridized carbons (Fsp3) is 0.654. The van der Waals surface area contributed by atoms with Gasteiger partial charge in [0.25, 0.3) is 0 Å². The zero-order valence-electron chi connectivity index (χ0n) is 21.4. The van der Waals surface area contributed by atoms with Gasteiger partial charge in [-0.1, -0.05) is 51.5 Å². The number of ether oxygens (including phenoxy) is 2. The van der Waals surface area contributed by atoms with Crippen LogP contribution in [0.1, 0.15) is 77.3 Å². The minimum atomic E-state index is -0.287. The van der Waals surface area contributed by atoms with Gasteiger partial charge < -0.3 is 9.47 Å². The van der Waals surface area contributed by atoms with Crippen molar-refractivity contribution in [2.45, 2.75) is 72.6 Å². The van der Waals surface area contributed by atoms with Gasteiger partial charge in [0.1, 0.15) is 0 Å². The summed E-state index contributed by atoms with van der Waals surface area (Å²) in [6.45, 7) is 11.3. The van der Waals surface area contributed by atoms with Gasteiger partial charge in [0.2, 0.25) is 5.91 Å². The molecule has 2 N–H and O–H groups in total. The first-order valence-corrected chi connectivity index (χ1v) is 13.4. The van der Waals surface area contributed by atoms with Gasteiger partial charge in [-0.2, -0.15) is 0 Å². The van der Waals surface area contributed by atoms with Gasteiger partial charge in [-0.05, 0) is 55.4 Å². The van der Waals surface area contributed by atoms with Crippen molar-refractivity contribution >= 4 is 29.6 Å². The standard InChI is InChI=1S/C26H42N2O5S/c1-6-27-28-25(31)22(13-10-16-26(4,5)19-34-18-24(30)33-8-3)21-12-9-11-20(17-21)14-15-23(29)32-7-2/h9,11-12,17,22,27H,6-8,10,13-16,18-19H2,1-5H3,(H,28,31). The van der Waals surface area contributed by atoms with Crippen LogP contribution in [-0.4, -0.2) is 49.1 Å². The first kappa shape index (κ1) is 30.0. The van der Waals surface area contributed by atoms with Crippen molar-refractivity contribution in [3.63, 3.8) is 0 Å². The maximum atomic E-state index is 12.9. The Bertz CT molecular complexity index is 769. The SMILES string of the molecule is CCNNC(=O)C(CCCC(C)(C)CSCC(=O)OCC)c1cccc(CCC(=O)OCC)c1. The van der Waals surface area contributed by atoms with Gasteiger partial charge in [0.05, 0.1) is 24.9 Å². The highest BCUT2D eigenvalue weighted by molar-refractivity contribution is 7.99. The van der Waals surface area contributed by atoms with Crippen LogP contribution >= 0.6 is 11.8 Å². The Hall–Kier alpha value is -2.06. The van der Waals surface area contributed by atoms with E-state index < -0.39 is 0 Å². The van der Waals surface area contributed by atoms with Crippen LogP contribution in [0.4, 0.5) is 0 Å². The zero-order valence-corrected chi connectivity index (χ0v) is 22.2. The minimum absolute atomic E-state index is 0.0430. The van der Waals surface area contributed by atoms with Crippen LogP contribution in [-0.2, 0) is 30.3 Å². The van der Waals surface area contributed by atoms with Crippen molar-refractivity contribution in [3.8, 4) is 0 Å². The quantitative estimate of drug-likeness (QED) is 0.245. The van der Waals surface area contributed by atoms with E-state index in [9.17, 15) is 14.4 Å². The lowest BCUT2D eigenvalue weighted by molar-refractivity contribution is -0.143. The molecule has 1 aromatic carbocycles. The van der Waals surface area contributed by atoms with Gasteiger partial charge in [-0.25, -0.2) is 5.43 Å². The third kappa shape index (κ3) is 12.4.